The largest absolute Gasteiger partial charge is 0.493 e. The Balaban J connectivity index is 2.86. The molecule has 1 amide bonds. The predicted octanol–water partition coefficient (Wildman–Crippen LogP) is 0.355. The Morgan fingerprint density at radius 1 is 1.41 bits per heavy atom. The number of nitrogens with two attached hydrogens (primary N) is 1. The molecule has 0 aliphatic heterocycles. The van der Waals surface area contributed by atoms with E-state index in [1.165, 1.54) is 0 Å². The van der Waals surface area contributed by atoms with Gasteiger partial charge in [0.15, 0.2) is 0 Å². The zero-order chi connectivity index (χ0) is 12.8. The molecule has 1 rings (SSSR count). The summed E-state index contributed by atoms with van der Waals surface area (Å²) in [7, 11) is 0. The molecule has 0 radical (unpaired) electrons. The molecule has 94 valence electrons. The Labute approximate surface area is 99.8 Å². The molecule has 0 saturated heterocycles. The van der Waals surface area contributed by atoms with E-state index in [0.29, 0.717) is 17.9 Å². The minimum atomic E-state index is -1.23. The van der Waals surface area contributed by atoms with Crippen LogP contribution in [0.5, 0.6) is 5.75 Å². The molecule has 5 heteroatoms. The number of aliphatic hydroxyl groups excluding tert-OH is 2. The second-order valence-electron chi connectivity index (χ2n) is 3.65. The van der Waals surface area contributed by atoms with Crippen LogP contribution in [0.3, 0.4) is 0 Å². The first-order valence-electron chi connectivity index (χ1n) is 5.42. The number of hydrogen-bond donors (Lipinski definition) is 3. The minimum absolute atomic E-state index is 0.290. The summed E-state index contributed by atoms with van der Waals surface area (Å²) in [6.45, 7) is 2.28. The zero-order valence-electron chi connectivity index (χ0n) is 9.67. The quantitative estimate of drug-likeness (QED) is 0.668. The molecule has 0 heterocycles. The van der Waals surface area contributed by atoms with Crippen LogP contribution in [0.4, 0.5) is 0 Å². The smallest absolute Gasteiger partial charge is 0.220 e. The van der Waals surface area contributed by atoms with Gasteiger partial charge in [-0.3, -0.25) is 4.79 Å². The molecule has 5 nitrogen and oxygen atoms in total. The highest BCUT2D eigenvalue weighted by Gasteiger charge is 2.23. The van der Waals surface area contributed by atoms with Crippen LogP contribution >= 0.6 is 0 Å². The molecule has 0 aromatic heterocycles. The van der Waals surface area contributed by atoms with Crippen LogP contribution in [-0.4, -0.2) is 28.8 Å². The molecule has 2 unspecified atom stereocenters. The van der Waals surface area contributed by atoms with Gasteiger partial charge in [0, 0.05) is 5.56 Å². The third-order valence-corrected chi connectivity index (χ3v) is 2.31. The molecule has 0 aliphatic rings. The van der Waals surface area contributed by atoms with E-state index in [0.717, 1.165) is 0 Å². The molecule has 4 N–H and O–H groups in total. The first-order valence-corrected chi connectivity index (χ1v) is 5.42. The van der Waals surface area contributed by atoms with Crippen LogP contribution in [-0.2, 0) is 4.79 Å². The third kappa shape index (κ3) is 3.72. The van der Waals surface area contributed by atoms with E-state index >= 15 is 0 Å². The molecule has 1 aromatic rings. The summed E-state index contributed by atoms with van der Waals surface area (Å²) in [6, 6.07) is 6.82. The van der Waals surface area contributed by atoms with Crippen molar-refractivity contribution in [2.75, 3.05) is 6.61 Å². The molecule has 0 aliphatic carbocycles. The van der Waals surface area contributed by atoms with Gasteiger partial charge in [-0.2, -0.15) is 0 Å². The van der Waals surface area contributed by atoms with Gasteiger partial charge >= 0.3 is 0 Å². The molecule has 2 atom stereocenters. The number of para-hydroxylation sites is 1. The van der Waals surface area contributed by atoms with Gasteiger partial charge in [-0.15, -0.1) is 0 Å². The summed E-state index contributed by atoms with van der Waals surface area (Å²) in [6.07, 6.45) is -2.71. The minimum Gasteiger partial charge on any atom is -0.493 e. The number of amides is 1. The summed E-state index contributed by atoms with van der Waals surface area (Å²) in [4.78, 5) is 10.7. The van der Waals surface area contributed by atoms with Gasteiger partial charge in [0.1, 0.15) is 11.9 Å². The standard InChI is InChI=1S/C12H17NO4/c1-2-17-10-6-4-3-5-8(10)12(16)9(14)7-11(13)15/h3-6,9,12,14,16H,2,7H2,1H3,(H2,13,15). The fourth-order valence-corrected chi connectivity index (χ4v) is 1.54. The van der Waals surface area contributed by atoms with Crippen LogP contribution in [0, 0.1) is 0 Å². The first kappa shape index (κ1) is 13.5. The molecular formula is C12H17NO4. The van der Waals surface area contributed by atoms with E-state index in [9.17, 15) is 15.0 Å². The van der Waals surface area contributed by atoms with Gasteiger partial charge in [0.2, 0.25) is 5.91 Å². The van der Waals surface area contributed by atoms with E-state index < -0.39 is 18.1 Å². The summed E-state index contributed by atoms with van der Waals surface area (Å²) < 4.78 is 5.33. The summed E-state index contributed by atoms with van der Waals surface area (Å²) in [5, 5.41) is 19.5. The van der Waals surface area contributed by atoms with Crippen LogP contribution in [0.15, 0.2) is 24.3 Å². The van der Waals surface area contributed by atoms with Gasteiger partial charge in [0.05, 0.1) is 19.1 Å². The highest BCUT2D eigenvalue weighted by molar-refractivity contribution is 5.74. The van der Waals surface area contributed by atoms with Crippen molar-refractivity contribution in [2.24, 2.45) is 5.73 Å². The van der Waals surface area contributed by atoms with Gasteiger partial charge < -0.3 is 20.7 Å². The Morgan fingerprint density at radius 3 is 2.65 bits per heavy atom. The van der Waals surface area contributed by atoms with Crippen molar-refractivity contribution < 1.29 is 19.7 Å². The maximum Gasteiger partial charge on any atom is 0.220 e. The van der Waals surface area contributed by atoms with E-state index in [1.807, 2.05) is 6.92 Å². The van der Waals surface area contributed by atoms with Crippen molar-refractivity contribution >= 4 is 5.91 Å². The van der Waals surface area contributed by atoms with E-state index in [-0.39, 0.29) is 6.42 Å². The number of carbonyl (C=O) groups excluding carboxylic acids is 1. The lowest BCUT2D eigenvalue weighted by atomic mass is 10.0. The zero-order valence-corrected chi connectivity index (χ0v) is 9.67. The molecule has 0 bridgehead atoms. The number of rotatable bonds is 6. The maximum absolute atomic E-state index is 10.7. The molecule has 0 fully saturated rings. The Bertz CT molecular complexity index is 381. The second kappa shape index (κ2) is 6.22. The lowest BCUT2D eigenvalue weighted by Crippen LogP contribution is -2.26. The number of primary amides is 1. The fourth-order valence-electron chi connectivity index (χ4n) is 1.54. The van der Waals surface area contributed by atoms with Crippen molar-refractivity contribution in [3.8, 4) is 5.75 Å². The molecule has 0 saturated carbocycles. The number of carbonyl (C=O) groups is 1. The fraction of sp³-hybridized carbons (Fsp3) is 0.417. The maximum atomic E-state index is 10.7. The predicted molar refractivity (Wildman–Crippen MR) is 62.4 cm³/mol. The third-order valence-electron chi connectivity index (χ3n) is 2.31. The summed E-state index contributed by atoms with van der Waals surface area (Å²) in [5.41, 5.74) is 5.41. The monoisotopic (exact) mass is 239 g/mol. The average Bonchev–Trinajstić information content (AvgIpc) is 2.28. The number of benzene rings is 1. The average molecular weight is 239 g/mol. The van der Waals surface area contributed by atoms with Gasteiger partial charge in [-0.05, 0) is 13.0 Å². The van der Waals surface area contributed by atoms with Gasteiger partial charge in [-0.25, -0.2) is 0 Å². The van der Waals surface area contributed by atoms with Gasteiger partial charge in [-0.1, -0.05) is 18.2 Å². The van der Waals surface area contributed by atoms with Crippen molar-refractivity contribution in [2.45, 2.75) is 25.6 Å². The van der Waals surface area contributed by atoms with Crippen molar-refractivity contribution in [1.82, 2.24) is 0 Å². The Kier molecular flexibility index (Phi) is 4.93. The molecular weight excluding hydrogens is 222 g/mol. The van der Waals surface area contributed by atoms with Crippen molar-refractivity contribution in [1.29, 1.82) is 0 Å². The van der Waals surface area contributed by atoms with E-state index in [2.05, 4.69) is 0 Å². The summed E-state index contributed by atoms with van der Waals surface area (Å²) in [5.74, 6) is -0.170. The van der Waals surface area contributed by atoms with Crippen molar-refractivity contribution in [3.05, 3.63) is 29.8 Å². The van der Waals surface area contributed by atoms with Gasteiger partial charge in [0.25, 0.3) is 0 Å². The van der Waals surface area contributed by atoms with Crippen LogP contribution in [0.2, 0.25) is 0 Å². The lowest BCUT2D eigenvalue weighted by Gasteiger charge is -2.19. The molecule has 17 heavy (non-hydrogen) atoms. The highest BCUT2D eigenvalue weighted by atomic mass is 16.5. The van der Waals surface area contributed by atoms with Crippen molar-refractivity contribution in [3.63, 3.8) is 0 Å². The second-order valence-corrected chi connectivity index (χ2v) is 3.65. The Hall–Kier alpha value is -1.59. The molecule has 1 aromatic carbocycles. The lowest BCUT2D eigenvalue weighted by molar-refractivity contribution is -0.121. The highest BCUT2D eigenvalue weighted by Crippen LogP contribution is 2.28. The SMILES string of the molecule is CCOc1ccccc1C(O)C(O)CC(N)=O. The Morgan fingerprint density at radius 2 is 2.06 bits per heavy atom. The van der Waals surface area contributed by atoms with Crippen LogP contribution < -0.4 is 10.5 Å². The molecule has 0 spiro atoms. The summed E-state index contributed by atoms with van der Waals surface area (Å²) >= 11 is 0. The topological polar surface area (TPSA) is 92.8 Å². The number of aliphatic hydroxyl groups is 2. The first-order chi connectivity index (χ1) is 8.06. The normalized spacial score (nSPS) is 14.1. The van der Waals surface area contributed by atoms with E-state index in [4.69, 9.17) is 10.5 Å². The van der Waals surface area contributed by atoms with Crippen LogP contribution in [0.25, 0.3) is 0 Å². The van der Waals surface area contributed by atoms with Crippen LogP contribution in [0.1, 0.15) is 25.0 Å². The number of ether oxygens (including phenoxy) is 1. The van der Waals surface area contributed by atoms with E-state index in [1.54, 1.807) is 24.3 Å². The number of hydrogen-bond acceptors (Lipinski definition) is 4.